The van der Waals surface area contributed by atoms with Gasteiger partial charge in [0.2, 0.25) is 5.91 Å². The lowest BCUT2D eigenvalue weighted by molar-refractivity contribution is -0.142. The molecule has 1 aromatic carbocycles. The Hall–Kier alpha value is -1.91. The van der Waals surface area contributed by atoms with Gasteiger partial charge in [-0.2, -0.15) is 0 Å². The zero-order valence-electron chi connectivity index (χ0n) is 9.26. The molecular weight excluding hydrogens is 225 g/mol. The summed E-state index contributed by atoms with van der Waals surface area (Å²) in [5.74, 6) is -2.30. The number of amides is 1. The van der Waals surface area contributed by atoms with Gasteiger partial charge in [0.25, 0.3) is 0 Å². The van der Waals surface area contributed by atoms with E-state index in [0.29, 0.717) is 5.69 Å². The van der Waals surface area contributed by atoms with Crippen LogP contribution in [0.25, 0.3) is 0 Å². The predicted octanol–water partition coefficient (Wildman–Crippen LogP) is 1.65. The van der Waals surface area contributed by atoms with Gasteiger partial charge in [-0.1, -0.05) is 0 Å². The quantitative estimate of drug-likeness (QED) is 0.850. The van der Waals surface area contributed by atoms with Crippen molar-refractivity contribution < 1.29 is 19.1 Å². The number of aliphatic carboxylic acids is 1. The lowest BCUT2D eigenvalue weighted by Crippen LogP contribution is -2.34. The van der Waals surface area contributed by atoms with Gasteiger partial charge in [-0.05, 0) is 31.2 Å². The van der Waals surface area contributed by atoms with E-state index in [1.807, 2.05) is 0 Å². The molecule has 0 bridgehead atoms. The summed E-state index contributed by atoms with van der Waals surface area (Å²) in [4.78, 5) is 24.1. The van der Waals surface area contributed by atoms with Crippen molar-refractivity contribution in [2.45, 2.75) is 19.4 Å². The van der Waals surface area contributed by atoms with Crippen LogP contribution in [0, 0.1) is 11.7 Å². The van der Waals surface area contributed by atoms with Crippen molar-refractivity contribution in [2.24, 2.45) is 5.92 Å². The van der Waals surface area contributed by atoms with Crippen molar-refractivity contribution in [2.75, 3.05) is 4.90 Å². The first-order valence-electron chi connectivity index (χ1n) is 5.31. The summed E-state index contributed by atoms with van der Waals surface area (Å²) >= 11 is 0. The molecule has 2 atom stereocenters. The third-order valence-corrected chi connectivity index (χ3v) is 3.07. The normalized spacial score (nSPS) is 24.1. The van der Waals surface area contributed by atoms with Crippen molar-refractivity contribution >= 4 is 17.6 Å². The van der Waals surface area contributed by atoms with E-state index in [1.54, 1.807) is 6.92 Å². The van der Waals surface area contributed by atoms with Gasteiger partial charge in [0.1, 0.15) is 5.82 Å². The maximum Gasteiger partial charge on any atom is 0.309 e. The molecule has 5 heteroatoms. The average molecular weight is 237 g/mol. The fourth-order valence-electron chi connectivity index (χ4n) is 2.14. The van der Waals surface area contributed by atoms with Gasteiger partial charge >= 0.3 is 5.97 Å². The minimum atomic E-state index is -0.976. The second kappa shape index (κ2) is 4.16. The van der Waals surface area contributed by atoms with Crippen molar-refractivity contribution in [3.05, 3.63) is 30.1 Å². The summed E-state index contributed by atoms with van der Waals surface area (Å²) < 4.78 is 12.8. The molecule has 4 nitrogen and oxygen atoms in total. The van der Waals surface area contributed by atoms with E-state index < -0.39 is 17.9 Å². The van der Waals surface area contributed by atoms with Gasteiger partial charge in [0.15, 0.2) is 0 Å². The first-order chi connectivity index (χ1) is 8.00. The topological polar surface area (TPSA) is 57.6 Å². The van der Waals surface area contributed by atoms with Crippen LogP contribution in [0.15, 0.2) is 24.3 Å². The van der Waals surface area contributed by atoms with Gasteiger partial charge in [0.05, 0.1) is 5.92 Å². The SMILES string of the molecule is CC1C(C(=O)O)CC(=O)N1c1ccc(F)cc1. The standard InChI is InChI=1S/C12H12FNO3/c1-7-10(12(16)17)6-11(15)14(7)9-4-2-8(13)3-5-9/h2-5,7,10H,6H2,1H3,(H,16,17). The lowest BCUT2D eigenvalue weighted by atomic mass is 10.0. The Morgan fingerprint density at radius 2 is 2.00 bits per heavy atom. The highest BCUT2D eigenvalue weighted by Crippen LogP contribution is 2.30. The molecule has 1 heterocycles. The highest BCUT2D eigenvalue weighted by molar-refractivity contribution is 6.00. The highest BCUT2D eigenvalue weighted by Gasteiger charge is 2.41. The van der Waals surface area contributed by atoms with Crippen LogP contribution >= 0.6 is 0 Å². The Labute approximate surface area is 97.7 Å². The second-order valence-corrected chi connectivity index (χ2v) is 4.13. The molecule has 1 saturated heterocycles. The van der Waals surface area contributed by atoms with Crippen LogP contribution in [0.3, 0.4) is 0 Å². The molecule has 1 amide bonds. The number of anilines is 1. The van der Waals surface area contributed by atoms with Crippen LogP contribution in [0.1, 0.15) is 13.3 Å². The van der Waals surface area contributed by atoms with Gasteiger partial charge < -0.3 is 10.0 Å². The van der Waals surface area contributed by atoms with Crippen molar-refractivity contribution in [3.63, 3.8) is 0 Å². The summed E-state index contributed by atoms with van der Waals surface area (Å²) in [5, 5.41) is 8.97. The van der Waals surface area contributed by atoms with E-state index >= 15 is 0 Å². The predicted molar refractivity (Wildman–Crippen MR) is 59.1 cm³/mol. The number of nitrogens with zero attached hydrogens (tertiary/aromatic N) is 1. The Kier molecular flexibility index (Phi) is 2.83. The third-order valence-electron chi connectivity index (χ3n) is 3.07. The van der Waals surface area contributed by atoms with Gasteiger partial charge in [0, 0.05) is 18.2 Å². The molecule has 90 valence electrons. The zero-order valence-corrected chi connectivity index (χ0v) is 9.26. The van der Waals surface area contributed by atoms with E-state index in [0.717, 1.165) is 0 Å². The number of benzene rings is 1. The van der Waals surface area contributed by atoms with E-state index in [4.69, 9.17) is 5.11 Å². The van der Waals surface area contributed by atoms with Crippen LogP contribution in [-0.2, 0) is 9.59 Å². The first kappa shape index (κ1) is 11.6. The fraction of sp³-hybridized carbons (Fsp3) is 0.333. The van der Waals surface area contributed by atoms with Gasteiger partial charge in [-0.3, -0.25) is 9.59 Å². The number of carbonyl (C=O) groups excluding carboxylic acids is 1. The van der Waals surface area contributed by atoms with Crippen LogP contribution in [0.2, 0.25) is 0 Å². The van der Waals surface area contributed by atoms with Crippen LogP contribution in [0.4, 0.5) is 10.1 Å². The van der Waals surface area contributed by atoms with Gasteiger partial charge in [-0.15, -0.1) is 0 Å². The summed E-state index contributed by atoms with van der Waals surface area (Å²) in [6.07, 6.45) is -0.00607. The molecular formula is C12H12FNO3. The molecule has 0 aliphatic carbocycles. The number of hydrogen-bond acceptors (Lipinski definition) is 2. The Morgan fingerprint density at radius 3 is 2.47 bits per heavy atom. The maximum absolute atomic E-state index is 12.8. The number of carboxylic acid groups (broad SMARTS) is 1. The zero-order chi connectivity index (χ0) is 12.6. The molecule has 1 fully saturated rings. The van der Waals surface area contributed by atoms with Crippen molar-refractivity contribution in [1.29, 1.82) is 0 Å². The molecule has 1 aliphatic rings. The number of carbonyl (C=O) groups is 2. The molecule has 1 aromatic rings. The van der Waals surface area contributed by atoms with Crippen LogP contribution in [-0.4, -0.2) is 23.0 Å². The average Bonchev–Trinajstić information content (AvgIpc) is 2.56. The first-order valence-corrected chi connectivity index (χ1v) is 5.31. The molecule has 0 saturated carbocycles. The third kappa shape index (κ3) is 2.00. The monoisotopic (exact) mass is 237 g/mol. The lowest BCUT2D eigenvalue weighted by Gasteiger charge is -2.23. The molecule has 2 rings (SSSR count). The van der Waals surface area contributed by atoms with E-state index in [1.165, 1.54) is 29.2 Å². The number of carboxylic acids is 1. The minimum Gasteiger partial charge on any atom is -0.481 e. The summed E-state index contributed by atoms with van der Waals surface area (Å²) in [5.41, 5.74) is 0.535. The Morgan fingerprint density at radius 1 is 1.41 bits per heavy atom. The fourth-order valence-corrected chi connectivity index (χ4v) is 2.14. The molecule has 0 spiro atoms. The maximum atomic E-state index is 12.8. The van der Waals surface area contributed by atoms with E-state index in [-0.39, 0.29) is 18.1 Å². The molecule has 2 unspecified atom stereocenters. The molecule has 1 aliphatic heterocycles. The van der Waals surface area contributed by atoms with Crippen LogP contribution < -0.4 is 4.90 Å². The van der Waals surface area contributed by atoms with Crippen molar-refractivity contribution in [1.82, 2.24) is 0 Å². The highest BCUT2D eigenvalue weighted by atomic mass is 19.1. The Bertz CT molecular complexity index is 457. The second-order valence-electron chi connectivity index (χ2n) is 4.13. The van der Waals surface area contributed by atoms with Crippen molar-refractivity contribution in [3.8, 4) is 0 Å². The number of halogens is 1. The molecule has 17 heavy (non-hydrogen) atoms. The summed E-state index contributed by atoms with van der Waals surface area (Å²) in [6.45, 7) is 1.69. The Balaban J connectivity index is 2.30. The van der Waals surface area contributed by atoms with E-state index in [2.05, 4.69) is 0 Å². The largest absolute Gasteiger partial charge is 0.481 e. The molecule has 1 N–H and O–H groups in total. The van der Waals surface area contributed by atoms with E-state index in [9.17, 15) is 14.0 Å². The summed E-state index contributed by atoms with van der Waals surface area (Å²) in [6, 6.07) is 5.06. The minimum absolute atomic E-state index is 0.00607. The van der Waals surface area contributed by atoms with Crippen LogP contribution in [0.5, 0.6) is 0 Å². The number of hydrogen-bond donors (Lipinski definition) is 1. The smallest absolute Gasteiger partial charge is 0.309 e. The van der Waals surface area contributed by atoms with Gasteiger partial charge in [-0.25, -0.2) is 4.39 Å². The molecule has 0 aromatic heterocycles. The number of rotatable bonds is 2. The molecule has 0 radical (unpaired) electrons. The summed E-state index contributed by atoms with van der Waals surface area (Å²) in [7, 11) is 0.